The predicted octanol–water partition coefficient (Wildman–Crippen LogP) is 6.14. The Morgan fingerprint density at radius 3 is 2.62 bits per heavy atom. The van der Waals surface area contributed by atoms with E-state index in [9.17, 15) is 10.1 Å². The molecule has 0 aromatic heterocycles. The molecule has 146 valence electrons. The van der Waals surface area contributed by atoms with Crippen molar-refractivity contribution in [2.24, 2.45) is 11.8 Å². The van der Waals surface area contributed by atoms with Crippen molar-refractivity contribution in [3.8, 4) is 0 Å². The summed E-state index contributed by atoms with van der Waals surface area (Å²) in [6.07, 6.45) is 11.3. The highest BCUT2D eigenvalue weighted by molar-refractivity contribution is 6.30. The van der Waals surface area contributed by atoms with E-state index in [0.717, 1.165) is 30.0 Å². The number of hydrogen-bond acceptors (Lipinski definition) is 3. The number of halogens is 1. The normalized spacial score (nSPS) is 30.8. The molecule has 6 rings (SSSR count). The molecule has 0 fully saturated rings. The summed E-state index contributed by atoms with van der Waals surface area (Å²) in [7, 11) is 0. The van der Waals surface area contributed by atoms with Gasteiger partial charge in [0.25, 0.3) is 5.69 Å². The molecule has 0 radical (unpaired) electrons. The maximum atomic E-state index is 11.4. The maximum absolute atomic E-state index is 11.4. The first-order valence-electron chi connectivity index (χ1n) is 10.3. The van der Waals surface area contributed by atoms with Crippen molar-refractivity contribution in [3.63, 3.8) is 0 Å². The molecule has 2 aliphatic carbocycles. The molecule has 2 heterocycles. The number of fused-ring (bicyclic) bond motifs is 4. The highest BCUT2D eigenvalue weighted by atomic mass is 35.5. The Kier molecular flexibility index (Phi) is 3.70. The van der Waals surface area contributed by atoms with E-state index in [1.54, 1.807) is 12.1 Å². The quantitative estimate of drug-likeness (QED) is 0.343. The molecule has 0 saturated heterocycles. The Bertz CT molecular complexity index is 1080. The summed E-state index contributed by atoms with van der Waals surface area (Å²) in [5.41, 5.74) is 5.18. The van der Waals surface area contributed by atoms with Gasteiger partial charge in [0.1, 0.15) is 0 Å². The summed E-state index contributed by atoms with van der Waals surface area (Å²) in [6.45, 7) is 0.982. The monoisotopic (exact) mass is 404 g/mol. The molecule has 0 unspecified atom stereocenters. The average Bonchev–Trinajstić information content (AvgIpc) is 3.37. The minimum absolute atomic E-state index is 0.142. The Balaban J connectivity index is 1.57. The van der Waals surface area contributed by atoms with Crippen LogP contribution in [0.15, 0.2) is 60.7 Å². The van der Waals surface area contributed by atoms with Gasteiger partial charge < -0.3 is 4.90 Å². The third-order valence-corrected chi connectivity index (χ3v) is 7.46. The van der Waals surface area contributed by atoms with Gasteiger partial charge in [-0.25, -0.2) is 0 Å². The Hall–Kier alpha value is -2.59. The summed E-state index contributed by atoms with van der Waals surface area (Å²) in [5.74, 6) is 1.65. The number of rotatable bonds is 2. The molecule has 29 heavy (non-hydrogen) atoms. The van der Waals surface area contributed by atoms with Crippen LogP contribution < -0.4 is 4.90 Å². The first kappa shape index (κ1) is 17.3. The fourth-order valence-electron chi connectivity index (χ4n) is 6.14. The van der Waals surface area contributed by atoms with Crippen LogP contribution in [0.3, 0.4) is 0 Å². The molecule has 0 amide bonds. The summed E-state index contributed by atoms with van der Waals surface area (Å²) in [4.78, 5) is 13.7. The average molecular weight is 405 g/mol. The number of nitro benzene ring substituents is 1. The molecular weight excluding hydrogens is 384 g/mol. The van der Waals surface area contributed by atoms with Crippen molar-refractivity contribution in [2.75, 3.05) is 11.4 Å². The SMILES string of the molecule is O=[N+]([O-])c1cccc([C@@H]2[C@@H]3CC=C[C@@H]3c3cc(Cl)cc4c3N2C[C@@H]2CC=C[C@H]42)c1. The van der Waals surface area contributed by atoms with Gasteiger partial charge in [-0.3, -0.25) is 10.1 Å². The van der Waals surface area contributed by atoms with Crippen LogP contribution in [0, 0.1) is 22.0 Å². The highest BCUT2D eigenvalue weighted by Crippen LogP contribution is 2.59. The van der Waals surface area contributed by atoms with Gasteiger partial charge in [-0.15, -0.1) is 0 Å². The lowest BCUT2D eigenvalue weighted by atomic mass is 9.70. The summed E-state index contributed by atoms with van der Waals surface area (Å²) >= 11 is 6.58. The van der Waals surface area contributed by atoms with E-state index in [0.29, 0.717) is 23.7 Å². The molecule has 5 atom stereocenters. The number of non-ortho nitro benzene ring substituents is 1. The van der Waals surface area contributed by atoms with E-state index >= 15 is 0 Å². The van der Waals surface area contributed by atoms with Crippen molar-refractivity contribution < 1.29 is 4.92 Å². The summed E-state index contributed by atoms with van der Waals surface area (Å²) in [5, 5.41) is 12.2. The standard InChI is InChI=1S/C24H21ClN2O2/c25-16-11-21-18-7-2-5-15(18)13-26-23(14-4-1-6-17(10-14)27(28)29)20-9-3-8-19(20)22(12-16)24(21)26/h1-4,6-8,10-12,15,18-20,23H,5,9,13H2/t15-,18-,19-,20+,23+/m0/s1. The van der Waals surface area contributed by atoms with Crippen LogP contribution in [-0.2, 0) is 0 Å². The largest absolute Gasteiger partial charge is 0.363 e. The Labute approximate surface area is 174 Å². The van der Waals surface area contributed by atoms with Crippen LogP contribution in [-0.4, -0.2) is 11.5 Å². The van der Waals surface area contributed by atoms with Crippen LogP contribution in [0.4, 0.5) is 11.4 Å². The maximum Gasteiger partial charge on any atom is 0.269 e. The highest BCUT2D eigenvalue weighted by Gasteiger charge is 2.47. The van der Waals surface area contributed by atoms with Crippen molar-refractivity contribution in [1.82, 2.24) is 0 Å². The number of nitrogens with zero attached hydrogens (tertiary/aromatic N) is 2. The molecule has 5 heteroatoms. The van der Waals surface area contributed by atoms with E-state index in [1.807, 2.05) is 6.07 Å². The Morgan fingerprint density at radius 2 is 1.79 bits per heavy atom. The van der Waals surface area contributed by atoms with Gasteiger partial charge in [-0.05, 0) is 53.5 Å². The van der Waals surface area contributed by atoms with Crippen molar-refractivity contribution in [2.45, 2.75) is 30.7 Å². The minimum atomic E-state index is -0.289. The number of benzene rings is 2. The smallest absolute Gasteiger partial charge is 0.269 e. The first-order chi connectivity index (χ1) is 14.1. The van der Waals surface area contributed by atoms with Gasteiger partial charge in [0.05, 0.1) is 11.0 Å². The van der Waals surface area contributed by atoms with E-state index in [-0.39, 0.29) is 16.7 Å². The van der Waals surface area contributed by atoms with Crippen LogP contribution in [0.1, 0.15) is 47.4 Å². The lowest BCUT2D eigenvalue weighted by Gasteiger charge is -2.51. The van der Waals surface area contributed by atoms with Gasteiger partial charge >= 0.3 is 0 Å². The second-order valence-corrected chi connectivity index (χ2v) is 9.12. The molecule has 2 aliphatic heterocycles. The van der Waals surface area contributed by atoms with Gasteiger partial charge in [0, 0.05) is 41.2 Å². The first-order valence-corrected chi connectivity index (χ1v) is 10.7. The lowest BCUT2D eigenvalue weighted by molar-refractivity contribution is -0.384. The number of hydrogen-bond donors (Lipinski definition) is 0. The van der Waals surface area contributed by atoms with Crippen molar-refractivity contribution in [3.05, 3.63) is 92.5 Å². The van der Waals surface area contributed by atoms with Crippen LogP contribution in [0.2, 0.25) is 5.02 Å². The van der Waals surface area contributed by atoms with Crippen LogP contribution >= 0.6 is 11.6 Å². The predicted molar refractivity (Wildman–Crippen MR) is 115 cm³/mol. The molecule has 0 spiro atoms. The van der Waals surface area contributed by atoms with Gasteiger partial charge in [0.2, 0.25) is 0 Å². The van der Waals surface area contributed by atoms with Crippen molar-refractivity contribution in [1.29, 1.82) is 0 Å². The molecule has 2 aromatic rings. The fraction of sp³-hybridized carbons (Fsp3) is 0.333. The molecule has 4 nitrogen and oxygen atoms in total. The lowest BCUT2D eigenvalue weighted by Crippen LogP contribution is -2.46. The zero-order valence-corrected chi connectivity index (χ0v) is 16.6. The van der Waals surface area contributed by atoms with Gasteiger partial charge in [-0.1, -0.05) is 48.0 Å². The molecule has 0 saturated carbocycles. The second kappa shape index (κ2) is 6.20. The second-order valence-electron chi connectivity index (χ2n) is 8.69. The zero-order valence-electron chi connectivity index (χ0n) is 15.9. The third-order valence-electron chi connectivity index (χ3n) is 7.24. The molecule has 2 aromatic carbocycles. The summed E-state index contributed by atoms with van der Waals surface area (Å²) < 4.78 is 0. The van der Waals surface area contributed by atoms with E-state index < -0.39 is 0 Å². The zero-order chi connectivity index (χ0) is 19.7. The number of allylic oxidation sites excluding steroid dienone is 4. The molecule has 0 N–H and O–H groups in total. The van der Waals surface area contributed by atoms with E-state index in [2.05, 4.69) is 47.4 Å². The van der Waals surface area contributed by atoms with Crippen molar-refractivity contribution >= 4 is 23.0 Å². The van der Waals surface area contributed by atoms with Gasteiger partial charge in [0.15, 0.2) is 0 Å². The topological polar surface area (TPSA) is 46.4 Å². The number of nitro groups is 1. The van der Waals surface area contributed by atoms with Gasteiger partial charge in [-0.2, -0.15) is 0 Å². The minimum Gasteiger partial charge on any atom is -0.363 e. The fourth-order valence-corrected chi connectivity index (χ4v) is 6.37. The Morgan fingerprint density at radius 1 is 1.03 bits per heavy atom. The van der Waals surface area contributed by atoms with E-state index in [1.165, 1.54) is 16.8 Å². The summed E-state index contributed by atoms with van der Waals surface area (Å²) in [6, 6.07) is 11.7. The molecule has 4 aliphatic rings. The van der Waals surface area contributed by atoms with Crippen LogP contribution in [0.5, 0.6) is 0 Å². The third kappa shape index (κ3) is 2.45. The van der Waals surface area contributed by atoms with E-state index in [4.69, 9.17) is 11.6 Å². The van der Waals surface area contributed by atoms with Crippen LogP contribution in [0.25, 0.3) is 0 Å². The molecule has 0 bridgehead atoms. The molecular formula is C24H21ClN2O2. The number of anilines is 1.